The van der Waals surface area contributed by atoms with Crippen LogP contribution in [0.4, 0.5) is 10.1 Å². The van der Waals surface area contributed by atoms with Gasteiger partial charge in [-0.15, -0.1) is 0 Å². The van der Waals surface area contributed by atoms with E-state index in [2.05, 4.69) is 10.1 Å². The SMILES string of the molecule is CC(C)c1noc([C@@H]2CC(=O)N(c3ccc(F)cc3)C2)n1. The van der Waals surface area contributed by atoms with Crippen LogP contribution in [0.3, 0.4) is 0 Å². The van der Waals surface area contributed by atoms with Crippen LogP contribution in [0.1, 0.15) is 43.8 Å². The van der Waals surface area contributed by atoms with Crippen LogP contribution in [0, 0.1) is 5.82 Å². The maximum atomic E-state index is 13.0. The minimum atomic E-state index is -0.319. The highest BCUT2D eigenvalue weighted by Crippen LogP contribution is 2.31. The first kappa shape index (κ1) is 13.7. The summed E-state index contributed by atoms with van der Waals surface area (Å²) in [6.07, 6.45) is 0.330. The summed E-state index contributed by atoms with van der Waals surface area (Å²) >= 11 is 0. The Labute approximate surface area is 121 Å². The Balaban J connectivity index is 1.79. The van der Waals surface area contributed by atoms with Crippen molar-refractivity contribution in [1.29, 1.82) is 0 Å². The average molecular weight is 289 g/mol. The number of carbonyl (C=O) groups excluding carboxylic acids is 1. The Bertz CT molecular complexity index is 651. The van der Waals surface area contributed by atoms with Gasteiger partial charge in [0.25, 0.3) is 0 Å². The van der Waals surface area contributed by atoms with Crippen LogP contribution < -0.4 is 4.90 Å². The zero-order valence-corrected chi connectivity index (χ0v) is 11.9. The summed E-state index contributed by atoms with van der Waals surface area (Å²) in [6.45, 7) is 4.45. The summed E-state index contributed by atoms with van der Waals surface area (Å²) in [5.74, 6) is 0.890. The molecule has 3 rings (SSSR count). The number of aromatic nitrogens is 2. The van der Waals surface area contributed by atoms with Gasteiger partial charge in [-0.3, -0.25) is 4.79 Å². The van der Waals surface area contributed by atoms with Crippen LogP contribution in [0.15, 0.2) is 28.8 Å². The topological polar surface area (TPSA) is 59.2 Å². The Kier molecular flexibility index (Phi) is 3.45. The molecule has 1 fully saturated rings. The molecule has 1 aromatic heterocycles. The zero-order valence-electron chi connectivity index (χ0n) is 11.9. The number of hydrogen-bond donors (Lipinski definition) is 0. The monoisotopic (exact) mass is 289 g/mol. The maximum Gasteiger partial charge on any atom is 0.232 e. The Morgan fingerprint density at radius 3 is 2.67 bits per heavy atom. The molecule has 1 atom stereocenters. The number of halogens is 1. The van der Waals surface area contributed by atoms with Crippen LogP contribution in [0.2, 0.25) is 0 Å². The van der Waals surface area contributed by atoms with Crippen LogP contribution in [-0.4, -0.2) is 22.6 Å². The van der Waals surface area contributed by atoms with Gasteiger partial charge in [0.15, 0.2) is 5.82 Å². The highest BCUT2D eigenvalue weighted by atomic mass is 19.1. The first-order valence-electron chi connectivity index (χ1n) is 6.94. The van der Waals surface area contributed by atoms with E-state index in [-0.39, 0.29) is 23.6 Å². The molecule has 1 amide bonds. The Morgan fingerprint density at radius 1 is 1.33 bits per heavy atom. The van der Waals surface area contributed by atoms with Crippen molar-refractivity contribution in [3.05, 3.63) is 41.8 Å². The van der Waals surface area contributed by atoms with Crippen LogP contribution >= 0.6 is 0 Å². The van der Waals surface area contributed by atoms with Crippen LogP contribution in [0.5, 0.6) is 0 Å². The minimum Gasteiger partial charge on any atom is -0.339 e. The number of anilines is 1. The van der Waals surface area contributed by atoms with E-state index in [0.29, 0.717) is 30.4 Å². The predicted octanol–water partition coefficient (Wildman–Crippen LogP) is 2.85. The first-order valence-corrected chi connectivity index (χ1v) is 6.94. The lowest BCUT2D eigenvalue weighted by molar-refractivity contribution is -0.117. The summed E-state index contributed by atoms with van der Waals surface area (Å²) in [4.78, 5) is 18.1. The van der Waals surface area contributed by atoms with Gasteiger partial charge in [-0.25, -0.2) is 4.39 Å². The van der Waals surface area contributed by atoms with Gasteiger partial charge in [-0.1, -0.05) is 19.0 Å². The van der Waals surface area contributed by atoms with Crippen molar-refractivity contribution in [2.24, 2.45) is 0 Å². The molecular weight excluding hydrogens is 273 g/mol. The molecular formula is C15H16FN3O2. The molecule has 110 valence electrons. The number of nitrogens with zero attached hydrogens (tertiary/aromatic N) is 3. The third-order valence-electron chi connectivity index (χ3n) is 3.59. The molecule has 1 aromatic carbocycles. The van der Waals surface area contributed by atoms with Gasteiger partial charge >= 0.3 is 0 Å². The number of carbonyl (C=O) groups is 1. The molecule has 5 nitrogen and oxygen atoms in total. The van der Waals surface area contributed by atoms with Gasteiger partial charge in [0.2, 0.25) is 11.8 Å². The molecule has 2 heterocycles. The number of hydrogen-bond acceptors (Lipinski definition) is 4. The van der Waals surface area contributed by atoms with E-state index in [9.17, 15) is 9.18 Å². The summed E-state index contributed by atoms with van der Waals surface area (Å²) in [6, 6.07) is 5.89. The second-order valence-electron chi connectivity index (χ2n) is 5.53. The lowest BCUT2D eigenvalue weighted by Gasteiger charge is -2.15. The van der Waals surface area contributed by atoms with Gasteiger partial charge in [0, 0.05) is 24.6 Å². The molecule has 1 saturated heterocycles. The van der Waals surface area contributed by atoms with E-state index in [0.717, 1.165) is 0 Å². The van der Waals surface area contributed by atoms with Crippen molar-refractivity contribution in [1.82, 2.24) is 10.1 Å². The zero-order chi connectivity index (χ0) is 15.0. The fraction of sp³-hybridized carbons (Fsp3) is 0.400. The summed E-state index contributed by atoms with van der Waals surface area (Å²) < 4.78 is 18.2. The normalized spacial score (nSPS) is 18.8. The highest BCUT2D eigenvalue weighted by Gasteiger charge is 2.35. The molecule has 0 unspecified atom stereocenters. The van der Waals surface area contributed by atoms with Gasteiger partial charge in [-0.2, -0.15) is 4.98 Å². The number of amides is 1. The van der Waals surface area contributed by atoms with Crippen molar-refractivity contribution >= 4 is 11.6 Å². The summed E-state index contributed by atoms with van der Waals surface area (Å²) in [5, 5.41) is 3.93. The number of benzene rings is 1. The second-order valence-corrected chi connectivity index (χ2v) is 5.53. The van der Waals surface area contributed by atoms with E-state index in [1.54, 1.807) is 17.0 Å². The predicted molar refractivity (Wildman–Crippen MR) is 74.5 cm³/mol. The molecule has 1 aliphatic rings. The Hall–Kier alpha value is -2.24. The smallest absolute Gasteiger partial charge is 0.232 e. The third-order valence-corrected chi connectivity index (χ3v) is 3.59. The fourth-order valence-electron chi connectivity index (χ4n) is 2.39. The van der Waals surface area contributed by atoms with Crippen LogP contribution in [0.25, 0.3) is 0 Å². The van der Waals surface area contributed by atoms with E-state index >= 15 is 0 Å². The van der Waals surface area contributed by atoms with E-state index < -0.39 is 0 Å². The van der Waals surface area contributed by atoms with Gasteiger partial charge in [-0.05, 0) is 24.3 Å². The van der Waals surface area contributed by atoms with E-state index in [1.807, 2.05) is 13.8 Å². The van der Waals surface area contributed by atoms with Gasteiger partial charge in [0.05, 0.1) is 5.92 Å². The van der Waals surface area contributed by atoms with Crippen molar-refractivity contribution in [2.45, 2.75) is 32.1 Å². The molecule has 6 heteroatoms. The van der Waals surface area contributed by atoms with Crippen molar-refractivity contribution in [3.63, 3.8) is 0 Å². The number of rotatable bonds is 3. The Morgan fingerprint density at radius 2 is 2.05 bits per heavy atom. The van der Waals surface area contributed by atoms with Crippen molar-refractivity contribution < 1.29 is 13.7 Å². The summed E-state index contributed by atoms with van der Waals surface area (Å²) in [5.41, 5.74) is 0.687. The molecule has 2 aromatic rings. The molecule has 0 saturated carbocycles. The van der Waals surface area contributed by atoms with Crippen molar-refractivity contribution in [3.8, 4) is 0 Å². The minimum absolute atomic E-state index is 0.0177. The molecule has 0 aliphatic carbocycles. The fourth-order valence-corrected chi connectivity index (χ4v) is 2.39. The van der Waals surface area contributed by atoms with Gasteiger partial charge in [0.1, 0.15) is 5.82 Å². The molecule has 21 heavy (non-hydrogen) atoms. The molecule has 0 N–H and O–H groups in total. The third kappa shape index (κ3) is 2.66. The standard InChI is InChI=1S/C15H16FN3O2/c1-9(2)14-17-15(21-18-14)10-7-13(20)19(8-10)12-5-3-11(16)4-6-12/h3-6,9-10H,7-8H2,1-2H3/t10-/m1/s1. The first-order chi connectivity index (χ1) is 10.0. The molecule has 1 aliphatic heterocycles. The average Bonchev–Trinajstić information content (AvgIpc) is 3.06. The van der Waals surface area contributed by atoms with Crippen molar-refractivity contribution in [2.75, 3.05) is 11.4 Å². The lowest BCUT2D eigenvalue weighted by atomic mass is 10.1. The molecule has 0 bridgehead atoms. The highest BCUT2D eigenvalue weighted by molar-refractivity contribution is 5.96. The summed E-state index contributed by atoms with van der Waals surface area (Å²) in [7, 11) is 0. The van der Waals surface area contributed by atoms with E-state index in [1.165, 1.54) is 12.1 Å². The second kappa shape index (κ2) is 5.27. The maximum absolute atomic E-state index is 13.0. The largest absolute Gasteiger partial charge is 0.339 e. The molecule has 0 radical (unpaired) electrons. The molecule has 0 spiro atoms. The quantitative estimate of drug-likeness (QED) is 0.871. The van der Waals surface area contributed by atoms with Crippen LogP contribution in [-0.2, 0) is 4.79 Å². The van der Waals surface area contributed by atoms with Gasteiger partial charge < -0.3 is 9.42 Å². The van der Waals surface area contributed by atoms with E-state index in [4.69, 9.17) is 4.52 Å². The lowest BCUT2D eigenvalue weighted by Crippen LogP contribution is -2.24.